The highest BCUT2D eigenvalue weighted by atomic mass is 32.1. The number of nitrogens with one attached hydrogen (secondary N) is 1. The Bertz CT molecular complexity index is 852. The van der Waals surface area contributed by atoms with E-state index in [-0.39, 0.29) is 18.2 Å². The Morgan fingerprint density at radius 1 is 1.21 bits per heavy atom. The summed E-state index contributed by atoms with van der Waals surface area (Å²) in [4.78, 5) is 26.0. The average molecular weight is 417 g/mol. The number of carbonyl (C=O) groups excluding carboxylic acids is 2. The first kappa shape index (κ1) is 21.2. The zero-order valence-electron chi connectivity index (χ0n) is 17.1. The molecule has 1 fully saturated rings. The molecule has 2 amide bonds. The van der Waals surface area contributed by atoms with Gasteiger partial charge in [0.2, 0.25) is 16.9 Å². The van der Waals surface area contributed by atoms with Crippen molar-refractivity contribution in [3.63, 3.8) is 0 Å². The lowest BCUT2D eigenvalue weighted by atomic mass is 10.1. The Morgan fingerprint density at radius 2 is 2.07 bits per heavy atom. The number of nitrogens with zero attached hydrogens (tertiary/aromatic N) is 3. The molecule has 0 bridgehead atoms. The summed E-state index contributed by atoms with van der Waals surface area (Å²) in [6, 6.07) is 6.03. The van der Waals surface area contributed by atoms with Gasteiger partial charge < -0.3 is 15.0 Å². The van der Waals surface area contributed by atoms with Crippen molar-refractivity contribution in [3.8, 4) is 5.75 Å². The summed E-state index contributed by atoms with van der Waals surface area (Å²) in [5, 5.41) is 12.2. The topological polar surface area (TPSA) is 84.4 Å². The van der Waals surface area contributed by atoms with Crippen LogP contribution in [0.3, 0.4) is 0 Å². The van der Waals surface area contributed by atoms with E-state index in [9.17, 15) is 9.59 Å². The molecule has 1 aromatic carbocycles. The number of ether oxygens (including phenoxy) is 1. The summed E-state index contributed by atoms with van der Waals surface area (Å²) >= 11 is 1.35. The molecule has 2 aromatic rings. The van der Waals surface area contributed by atoms with Crippen LogP contribution in [0.5, 0.6) is 5.75 Å². The average Bonchev–Trinajstić information content (AvgIpc) is 3.02. The highest BCUT2D eigenvalue weighted by molar-refractivity contribution is 7.15. The van der Waals surface area contributed by atoms with Crippen molar-refractivity contribution in [1.29, 1.82) is 0 Å². The third-order valence-electron chi connectivity index (χ3n) is 5.06. The molecule has 1 aliphatic heterocycles. The van der Waals surface area contributed by atoms with E-state index < -0.39 is 0 Å². The van der Waals surface area contributed by atoms with E-state index in [4.69, 9.17) is 4.74 Å². The lowest BCUT2D eigenvalue weighted by molar-refractivity contribution is -0.131. The lowest BCUT2D eigenvalue weighted by Gasteiger charge is -2.19. The molecule has 1 N–H and O–H groups in total. The van der Waals surface area contributed by atoms with Gasteiger partial charge in [0.05, 0.1) is 6.61 Å². The van der Waals surface area contributed by atoms with Gasteiger partial charge in [-0.2, -0.15) is 0 Å². The standard InChI is InChI=1S/C21H28N4O3S/c1-15-7-8-17(14-16(15)2)28-13-10-19-23-24-21(29-19)22-18(26)9-12-25-11-5-3-4-6-20(25)27/h7-8,14H,3-6,9-13H2,1-2H3,(H,22,24,26). The molecule has 1 aromatic heterocycles. The molecular formula is C21H28N4O3S. The molecule has 3 rings (SSSR count). The van der Waals surface area contributed by atoms with Gasteiger partial charge in [-0.25, -0.2) is 0 Å². The molecule has 8 heteroatoms. The Labute approximate surface area is 175 Å². The Morgan fingerprint density at radius 3 is 2.90 bits per heavy atom. The number of benzene rings is 1. The van der Waals surface area contributed by atoms with Gasteiger partial charge in [0.1, 0.15) is 10.8 Å². The molecule has 7 nitrogen and oxygen atoms in total. The molecule has 1 aliphatic rings. The maximum Gasteiger partial charge on any atom is 0.227 e. The Kier molecular flexibility index (Phi) is 7.57. The third kappa shape index (κ3) is 6.52. The zero-order valence-corrected chi connectivity index (χ0v) is 17.9. The zero-order chi connectivity index (χ0) is 20.6. The fourth-order valence-electron chi connectivity index (χ4n) is 3.16. The summed E-state index contributed by atoms with van der Waals surface area (Å²) < 4.78 is 5.78. The maximum absolute atomic E-state index is 12.2. The fourth-order valence-corrected chi connectivity index (χ4v) is 3.90. The Hall–Kier alpha value is -2.48. The first-order valence-electron chi connectivity index (χ1n) is 10.1. The highest BCUT2D eigenvalue weighted by Crippen LogP contribution is 2.19. The lowest BCUT2D eigenvalue weighted by Crippen LogP contribution is -2.33. The molecule has 0 aliphatic carbocycles. The first-order valence-corrected chi connectivity index (χ1v) is 10.9. The molecule has 2 heterocycles. The van der Waals surface area contributed by atoms with Crippen molar-refractivity contribution in [2.75, 3.05) is 25.0 Å². The molecular weight excluding hydrogens is 388 g/mol. The van der Waals surface area contributed by atoms with Crippen LogP contribution in [0.15, 0.2) is 18.2 Å². The van der Waals surface area contributed by atoms with Crippen molar-refractivity contribution in [2.24, 2.45) is 0 Å². The van der Waals surface area contributed by atoms with Crippen molar-refractivity contribution in [1.82, 2.24) is 15.1 Å². The maximum atomic E-state index is 12.2. The van der Waals surface area contributed by atoms with Crippen LogP contribution in [0, 0.1) is 13.8 Å². The van der Waals surface area contributed by atoms with Crippen LogP contribution in [0.4, 0.5) is 5.13 Å². The predicted octanol–water partition coefficient (Wildman–Crippen LogP) is 3.51. The fraction of sp³-hybridized carbons (Fsp3) is 0.524. The van der Waals surface area contributed by atoms with Gasteiger partial charge in [-0.3, -0.25) is 9.59 Å². The molecule has 0 unspecified atom stereocenters. The molecule has 1 saturated heterocycles. The van der Waals surface area contributed by atoms with Gasteiger partial charge >= 0.3 is 0 Å². The van der Waals surface area contributed by atoms with Crippen LogP contribution in [-0.2, 0) is 16.0 Å². The number of anilines is 1. The summed E-state index contributed by atoms with van der Waals surface area (Å²) in [7, 11) is 0. The van der Waals surface area contributed by atoms with E-state index in [1.165, 1.54) is 22.5 Å². The van der Waals surface area contributed by atoms with Crippen molar-refractivity contribution in [2.45, 2.75) is 52.4 Å². The van der Waals surface area contributed by atoms with Crippen molar-refractivity contribution in [3.05, 3.63) is 34.3 Å². The molecule has 156 valence electrons. The summed E-state index contributed by atoms with van der Waals surface area (Å²) in [5.41, 5.74) is 2.44. The predicted molar refractivity (Wildman–Crippen MR) is 113 cm³/mol. The van der Waals surface area contributed by atoms with Crippen LogP contribution in [0.25, 0.3) is 0 Å². The molecule has 0 atom stereocenters. The number of hydrogen-bond donors (Lipinski definition) is 1. The van der Waals surface area contributed by atoms with E-state index >= 15 is 0 Å². The number of aryl methyl sites for hydroxylation is 2. The van der Waals surface area contributed by atoms with Gasteiger partial charge in [-0.05, 0) is 49.9 Å². The molecule has 0 radical (unpaired) electrons. The van der Waals surface area contributed by atoms with Crippen LogP contribution >= 0.6 is 11.3 Å². The first-order chi connectivity index (χ1) is 14.0. The van der Waals surface area contributed by atoms with Gasteiger partial charge in [0.15, 0.2) is 0 Å². The van der Waals surface area contributed by atoms with Gasteiger partial charge in [0.25, 0.3) is 0 Å². The van der Waals surface area contributed by atoms with E-state index in [0.29, 0.717) is 31.1 Å². The summed E-state index contributed by atoms with van der Waals surface area (Å²) in [5.74, 6) is 0.850. The van der Waals surface area contributed by atoms with Gasteiger partial charge in [0, 0.05) is 32.4 Å². The summed E-state index contributed by atoms with van der Waals surface area (Å²) in [6.07, 6.45) is 4.53. The smallest absolute Gasteiger partial charge is 0.227 e. The quantitative estimate of drug-likeness (QED) is 0.712. The van der Waals surface area contributed by atoms with Crippen LogP contribution < -0.4 is 10.1 Å². The van der Waals surface area contributed by atoms with Crippen LogP contribution in [0.1, 0.15) is 48.2 Å². The van der Waals surface area contributed by atoms with E-state index in [1.54, 1.807) is 4.90 Å². The summed E-state index contributed by atoms with van der Waals surface area (Å²) in [6.45, 7) is 5.84. The van der Waals surface area contributed by atoms with Crippen molar-refractivity contribution < 1.29 is 14.3 Å². The van der Waals surface area contributed by atoms with Crippen LogP contribution in [0.2, 0.25) is 0 Å². The van der Waals surface area contributed by atoms with Crippen molar-refractivity contribution >= 4 is 28.3 Å². The minimum absolute atomic E-state index is 0.142. The third-order valence-corrected chi connectivity index (χ3v) is 5.95. The minimum Gasteiger partial charge on any atom is -0.493 e. The minimum atomic E-state index is -0.142. The molecule has 0 spiro atoms. The number of likely N-dealkylation sites (tertiary alicyclic amines) is 1. The molecule has 0 saturated carbocycles. The number of hydrogen-bond acceptors (Lipinski definition) is 6. The number of carbonyl (C=O) groups is 2. The second kappa shape index (κ2) is 10.3. The second-order valence-corrected chi connectivity index (χ2v) is 8.40. The number of aromatic nitrogens is 2. The SMILES string of the molecule is Cc1ccc(OCCc2nnc(NC(=O)CCN3CCCCCC3=O)s2)cc1C. The van der Waals surface area contributed by atoms with Gasteiger partial charge in [-0.1, -0.05) is 23.8 Å². The van der Waals surface area contributed by atoms with Crippen LogP contribution in [-0.4, -0.2) is 46.6 Å². The molecule has 29 heavy (non-hydrogen) atoms. The largest absolute Gasteiger partial charge is 0.493 e. The number of amides is 2. The second-order valence-electron chi connectivity index (χ2n) is 7.34. The van der Waals surface area contributed by atoms with E-state index in [1.807, 2.05) is 18.2 Å². The highest BCUT2D eigenvalue weighted by Gasteiger charge is 2.17. The van der Waals surface area contributed by atoms with E-state index in [2.05, 4.69) is 29.4 Å². The van der Waals surface area contributed by atoms with E-state index in [0.717, 1.165) is 36.6 Å². The van der Waals surface area contributed by atoms with Gasteiger partial charge in [-0.15, -0.1) is 10.2 Å². The Balaban J connectivity index is 1.40. The monoisotopic (exact) mass is 416 g/mol. The normalized spacial score (nSPS) is 14.6. The number of rotatable bonds is 8.